The lowest BCUT2D eigenvalue weighted by Crippen LogP contribution is -2.39. The molecule has 0 radical (unpaired) electrons. The molecule has 0 fully saturated rings. The van der Waals surface area contributed by atoms with Crippen LogP contribution in [0.2, 0.25) is 0 Å². The SMILES string of the molecule is CCCCCN(CCC(=O)O)C(C)C(C)=O. The molecule has 0 bridgehead atoms. The molecule has 0 aromatic heterocycles. The van der Waals surface area contributed by atoms with Crippen molar-refractivity contribution in [1.82, 2.24) is 4.90 Å². The van der Waals surface area contributed by atoms with E-state index in [-0.39, 0.29) is 18.2 Å². The van der Waals surface area contributed by atoms with Gasteiger partial charge in [-0.05, 0) is 26.8 Å². The third-order valence-electron chi connectivity index (χ3n) is 2.80. The van der Waals surface area contributed by atoms with E-state index < -0.39 is 5.97 Å². The highest BCUT2D eigenvalue weighted by atomic mass is 16.4. The Morgan fingerprint density at radius 3 is 2.31 bits per heavy atom. The fraction of sp³-hybridized carbons (Fsp3) is 0.833. The summed E-state index contributed by atoms with van der Waals surface area (Å²) in [6, 6.07) is -0.170. The summed E-state index contributed by atoms with van der Waals surface area (Å²) in [6.07, 6.45) is 3.37. The van der Waals surface area contributed by atoms with E-state index in [9.17, 15) is 9.59 Å². The van der Waals surface area contributed by atoms with Crippen LogP contribution in [0.3, 0.4) is 0 Å². The predicted molar refractivity (Wildman–Crippen MR) is 63.5 cm³/mol. The second-order valence-electron chi connectivity index (χ2n) is 4.17. The normalized spacial score (nSPS) is 12.8. The molecule has 1 atom stereocenters. The van der Waals surface area contributed by atoms with E-state index in [1.54, 1.807) is 6.92 Å². The molecule has 1 N–H and O–H groups in total. The molecule has 0 aliphatic carbocycles. The molecule has 94 valence electrons. The van der Waals surface area contributed by atoms with Gasteiger partial charge in [-0.15, -0.1) is 0 Å². The molecule has 0 aromatic rings. The van der Waals surface area contributed by atoms with Crippen LogP contribution in [0.15, 0.2) is 0 Å². The highest BCUT2D eigenvalue weighted by Crippen LogP contribution is 2.06. The zero-order valence-electron chi connectivity index (χ0n) is 10.5. The molecule has 0 rings (SSSR count). The number of hydrogen-bond acceptors (Lipinski definition) is 3. The largest absolute Gasteiger partial charge is 0.481 e. The van der Waals surface area contributed by atoms with Gasteiger partial charge in [-0.3, -0.25) is 14.5 Å². The number of nitrogens with zero attached hydrogens (tertiary/aromatic N) is 1. The van der Waals surface area contributed by atoms with Gasteiger partial charge < -0.3 is 5.11 Å². The van der Waals surface area contributed by atoms with Crippen LogP contribution in [-0.2, 0) is 9.59 Å². The first-order valence-electron chi connectivity index (χ1n) is 5.95. The van der Waals surface area contributed by atoms with Crippen molar-refractivity contribution >= 4 is 11.8 Å². The van der Waals surface area contributed by atoms with Crippen LogP contribution < -0.4 is 0 Å². The van der Waals surface area contributed by atoms with Gasteiger partial charge >= 0.3 is 5.97 Å². The van der Waals surface area contributed by atoms with Crippen LogP contribution >= 0.6 is 0 Å². The average molecular weight is 229 g/mol. The summed E-state index contributed by atoms with van der Waals surface area (Å²) in [4.78, 5) is 23.8. The summed E-state index contributed by atoms with van der Waals surface area (Å²) in [5.74, 6) is -0.710. The Hall–Kier alpha value is -0.900. The van der Waals surface area contributed by atoms with Crippen molar-refractivity contribution in [2.75, 3.05) is 13.1 Å². The van der Waals surface area contributed by atoms with Crippen molar-refractivity contribution in [3.8, 4) is 0 Å². The molecule has 1 unspecified atom stereocenters. The van der Waals surface area contributed by atoms with E-state index in [0.717, 1.165) is 25.8 Å². The Bertz CT molecular complexity index is 228. The molecule has 4 nitrogen and oxygen atoms in total. The van der Waals surface area contributed by atoms with E-state index >= 15 is 0 Å². The van der Waals surface area contributed by atoms with E-state index in [0.29, 0.717) is 6.54 Å². The number of carbonyl (C=O) groups excluding carboxylic acids is 1. The highest BCUT2D eigenvalue weighted by molar-refractivity contribution is 5.81. The maximum absolute atomic E-state index is 11.3. The second-order valence-corrected chi connectivity index (χ2v) is 4.17. The third kappa shape index (κ3) is 6.56. The summed E-state index contributed by atoms with van der Waals surface area (Å²) in [5.41, 5.74) is 0. The molecular formula is C12H23NO3. The maximum atomic E-state index is 11.3. The lowest BCUT2D eigenvalue weighted by molar-refractivity contribution is -0.138. The summed E-state index contributed by atoms with van der Waals surface area (Å²) >= 11 is 0. The van der Waals surface area contributed by atoms with E-state index in [1.165, 1.54) is 0 Å². The molecule has 16 heavy (non-hydrogen) atoms. The van der Waals surface area contributed by atoms with Crippen molar-refractivity contribution in [1.29, 1.82) is 0 Å². The number of hydrogen-bond donors (Lipinski definition) is 1. The van der Waals surface area contributed by atoms with Gasteiger partial charge in [0.2, 0.25) is 0 Å². The van der Waals surface area contributed by atoms with Crippen molar-refractivity contribution < 1.29 is 14.7 Å². The number of ketones is 1. The molecule has 0 saturated carbocycles. The number of Topliss-reactive ketones (excluding diaryl/α,β-unsaturated/α-hetero) is 1. The number of rotatable bonds is 9. The summed E-state index contributed by atoms with van der Waals surface area (Å²) < 4.78 is 0. The van der Waals surface area contributed by atoms with Gasteiger partial charge in [0.1, 0.15) is 5.78 Å². The van der Waals surface area contributed by atoms with Crippen molar-refractivity contribution in [2.45, 2.75) is 52.5 Å². The minimum Gasteiger partial charge on any atom is -0.481 e. The van der Waals surface area contributed by atoms with Crippen molar-refractivity contribution in [2.24, 2.45) is 0 Å². The molecule has 0 aliphatic rings. The number of carboxylic acids is 1. The fourth-order valence-corrected chi connectivity index (χ4v) is 1.56. The van der Waals surface area contributed by atoms with Gasteiger partial charge in [0.15, 0.2) is 0 Å². The summed E-state index contributed by atoms with van der Waals surface area (Å²) in [6.45, 7) is 6.78. The van der Waals surface area contributed by atoms with E-state index in [2.05, 4.69) is 6.92 Å². The van der Waals surface area contributed by atoms with Gasteiger partial charge in [0, 0.05) is 6.54 Å². The molecule has 0 heterocycles. The van der Waals surface area contributed by atoms with Crippen LogP contribution in [0.1, 0.15) is 46.5 Å². The van der Waals surface area contributed by atoms with Gasteiger partial charge in [0.25, 0.3) is 0 Å². The van der Waals surface area contributed by atoms with E-state index in [1.807, 2.05) is 11.8 Å². The zero-order valence-corrected chi connectivity index (χ0v) is 10.5. The van der Waals surface area contributed by atoms with Gasteiger partial charge in [-0.2, -0.15) is 0 Å². The number of carbonyl (C=O) groups is 2. The lowest BCUT2D eigenvalue weighted by Gasteiger charge is -2.26. The van der Waals surface area contributed by atoms with Crippen LogP contribution in [0.4, 0.5) is 0 Å². The lowest BCUT2D eigenvalue weighted by atomic mass is 10.1. The van der Waals surface area contributed by atoms with Crippen molar-refractivity contribution in [3.63, 3.8) is 0 Å². The minimum absolute atomic E-state index is 0.0990. The third-order valence-corrected chi connectivity index (χ3v) is 2.80. The van der Waals surface area contributed by atoms with Gasteiger partial charge in [-0.1, -0.05) is 19.8 Å². The first-order chi connectivity index (χ1) is 7.49. The predicted octanol–water partition coefficient (Wildman–Crippen LogP) is 1.93. The van der Waals surface area contributed by atoms with E-state index in [4.69, 9.17) is 5.11 Å². The monoisotopic (exact) mass is 229 g/mol. The number of unbranched alkanes of at least 4 members (excludes halogenated alkanes) is 2. The Balaban J connectivity index is 4.14. The standard InChI is InChI=1S/C12H23NO3/c1-4-5-6-8-13(9-7-12(15)16)10(2)11(3)14/h10H,4-9H2,1-3H3,(H,15,16). The second kappa shape index (κ2) is 8.28. The van der Waals surface area contributed by atoms with Crippen LogP contribution in [-0.4, -0.2) is 40.9 Å². The Morgan fingerprint density at radius 2 is 1.88 bits per heavy atom. The molecule has 4 heteroatoms. The Morgan fingerprint density at radius 1 is 1.25 bits per heavy atom. The molecule has 0 saturated heterocycles. The topological polar surface area (TPSA) is 57.6 Å². The van der Waals surface area contributed by atoms with Crippen LogP contribution in [0.25, 0.3) is 0 Å². The van der Waals surface area contributed by atoms with Gasteiger partial charge in [-0.25, -0.2) is 0 Å². The molecule has 0 aromatic carbocycles. The highest BCUT2D eigenvalue weighted by Gasteiger charge is 2.17. The van der Waals surface area contributed by atoms with Crippen LogP contribution in [0.5, 0.6) is 0 Å². The number of aliphatic carboxylic acids is 1. The first-order valence-corrected chi connectivity index (χ1v) is 5.95. The minimum atomic E-state index is -0.809. The smallest absolute Gasteiger partial charge is 0.304 e. The average Bonchev–Trinajstić information content (AvgIpc) is 2.21. The van der Waals surface area contributed by atoms with Crippen molar-refractivity contribution in [3.05, 3.63) is 0 Å². The Kier molecular flexibility index (Phi) is 7.81. The quantitative estimate of drug-likeness (QED) is 0.614. The number of carboxylic acid groups (broad SMARTS) is 1. The molecular weight excluding hydrogens is 206 g/mol. The van der Waals surface area contributed by atoms with Crippen LogP contribution in [0, 0.1) is 0 Å². The first kappa shape index (κ1) is 15.1. The zero-order chi connectivity index (χ0) is 12.6. The van der Waals surface area contributed by atoms with Gasteiger partial charge in [0.05, 0.1) is 12.5 Å². The molecule has 0 amide bonds. The fourth-order valence-electron chi connectivity index (χ4n) is 1.56. The summed E-state index contributed by atoms with van der Waals surface area (Å²) in [5, 5.41) is 8.64. The Labute approximate surface area is 97.6 Å². The maximum Gasteiger partial charge on any atom is 0.304 e. The summed E-state index contributed by atoms with van der Waals surface area (Å²) in [7, 11) is 0. The molecule has 0 aliphatic heterocycles. The molecule has 0 spiro atoms.